The summed E-state index contributed by atoms with van der Waals surface area (Å²) < 4.78 is 55.0. The third-order valence-electron chi connectivity index (χ3n) is 7.58. The van der Waals surface area contributed by atoms with Gasteiger partial charge in [0.1, 0.15) is 22.3 Å². The molecule has 1 amide bonds. The molecule has 214 valence electrons. The summed E-state index contributed by atoms with van der Waals surface area (Å²) >= 11 is 1.02. The number of benzene rings is 1. The fourth-order valence-electron chi connectivity index (χ4n) is 5.66. The number of sulfonamides is 1. The Balaban J connectivity index is 1.51. The highest BCUT2D eigenvalue weighted by atomic mass is 32.2. The summed E-state index contributed by atoms with van der Waals surface area (Å²) in [5.41, 5.74) is -1.58. The zero-order valence-electron chi connectivity index (χ0n) is 22.0. The number of carbonyl (C=O) groups excluding carboxylic acids is 1. The molecule has 0 unspecified atom stereocenters. The van der Waals surface area contributed by atoms with Crippen molar-refractivity contribution in [3.63, 3.8) is 0 Å². The van der Waals surface area contributed by atoms with Crippen molar-refractivity contribution in [2.24, 2.45) is 0 Å². The fraction of sp³-hybridized carbons (Fsp3) is 0.440. The van der Waals surface area contributed by atoms with Crippen LogP contribution in [0, 0.1) is 11.6 Å². The molecule has 1 fully saturated rings. The lowest BCUT2D eigenvalue weighted by Crippen LogP contribution is -2.70. The van der Waals surface area contributed by atoms with E-state index in [1.54, 1.807) is 23.9 Å². The molecular weight excluding hydrogens is 566 g/mol. The first kappa shape index (κ1) is 28.1. The topological polar surface area (TPSA) is 138 Å². The van der Waals surface area contributed by atoms with E-state index in [0.717, 1.165) is 29.7 Å². The van der Waals surface area contributed by atoms with Gasteiger partial charge in [-0.3, -0.25) is 19.3 Å². The monoisotopic (exact) mass is 594 g/mol. The number of aromatic nitrogens is 3. The van der Waals surface area contributed by atoms with Crippen LogP contribution in [0.1, 0.15) is 53.7 Å². The number of pyridine rings is 1. The Bertz CT molecular complexity index is 1650. The fourth-order valence-corrected chi connectivity index (χ4v) is 7.37. The molecule has 1 aliphatic heterocycles. The maximum atomic E-state index is 14.1. The lowest BCUT2D eigenvalue weighted by Gasteiger charge is -2.56. The second kappa shape index (κ2) is 10.2. The van der Waals surface area contributed by atoms with E-state index < -0.39 is 44.4 Å². The normalized spacial score (nSPS) is 21.2. The van der Waals surface area contributed by atoms with Crippen LogP contribution in [0.2, 0.25) is 0 Å². The maximum Gasteiger partial charge on any atom is 0.278 e. The van der Waals surface area contributed by atoms with Crippen molar-refractivity contribution in [1.82, 2.24) is 24.5 Å². The second-order valence-electron chi connectivity index (χ2n) is 10.0. The Kier molecular flexibility index (Phi) is 7.17. The minimum atomic E-state index is -3.39. The van der Waals surface area contributed by atoms with Gasteiger partial charge in [-0.1, -0.05) is 17.4 Å². The Morgan fingerprint density at radius 1 is 1.20 bits per heavy atom. The molecule has 11 nitrogen and oxygen atoms in total. The second-order valence-corrected chi connectivity index (χ2v) is 12.9. The first-order valence-corrected chi connectivity index (χ1v) is 15.3. The molecule has 2 aromatic heterocycles. The largest absolute Gasteiger partial charge is 0.502 e. The Hall–Kier alpha value is -3.43. The van der Waals surface area contributed by atoms with Gasteiger partial charge < -0.3 is 10.0 Å². The molecule has 1 aromatic carbocycles. The number of halogens is 2. The number of carbonyl (C=O) groups is 1. The summed E-state index contributed by atoms with van der Waals surface area (Å²) in [7, 11) is -1.64. The average molecular weight is 595 g/mol. The van der Waals surface area contributed by atoms with E-state index in [0.29, 0.717) is 37.2 Å². The summed E-state index contributed by atoms with van der Waals surface area (Å²) in [6.45, 7) is 2.11. The predicted octanol–water partition coefficient (Wildman–Crippen LogP) is 2.17. The number of hydrogen-bond donors (Lipinski definition) is 2. The smallest absolute Gasteiger partial charge is 0.278 e. The highest BCUT2D eigenvalue weighted by Crippen LogP contribution is 2.41. The minimum absolute atomic E-state index is 0.0109. The van der Waals surface area contributed by atoms with Crippen LogP contribution in [0.5, 0.6) is 5.75 Å². The van der Waals surface area contributed by atoms with Gasteiger partial charge in [0.2, 0.25) is 15.5 Å². The molecule has 1 spiro atoms. The number of amides is 1. The molecule has 1 saturated carbocycles. The highest BCUT2D eigenvalue weighted by molar-refractivity contribution is 7.88. The quantitative estimate of drug-likeness (QED) is 0.443. The standard InChI is InChI=1S/C25H28F2N6O5S2/c1-4-32-24(36)20-22(35)21(34)17(23-29-28-19(39-23)11-14-5-6-15(26)12-18(14)27)13-33(20)31(2)25(32)9-7-16(8-10-25)30-40(3,37)38/h5-6,12-13,16,30,35H,4,7-11H2,1-3H3. The van der Waals surface area contributed by atoms with Gasteiger partial charge in [-0.2, -0.15) is 0 Å². The van der Waals surface area contributed by atoms with Crippen LogP contribution in [0.3, 0.4) is 0 Å². The predicted molar refractivity (Wildman–Crippen MR) is 144 cm³/mol. The van der Waals surface area contributed by atoms with E-state index in [1.807, 2.05) is 0 Å². The SMILES string of the molecule is CCN1C(=O)c2c(O)c(=O)c(-c3nnc(Cc4ccc(F)cc4F)s3)cn2N(C)C12CCC(NS(C)(=O)=O)CC2. The summed E-state index contributed by atoms with van der Waals surface area (Å²) in [4.78, 5) is 28.5. The number of hydrogen-bond acceptors (Lipinski definition) is 9. The van der Waals surface area contributed by atoms with Crippen LogP contribution in [-0.2, 0) is 16.4 Å². The van der Waals surface area contributed by atoms with E-state index >= 15 is 0 Å². The molecule has 5 rings (SSSR count). The van der Waals surface area contributed by atoms with Crippen LogP contribution >= 0.6 is 11.3 Å². The first-order valence-electron chi connectivity index (χ1n) is 12.6. The first-order chi connectivity index (χ1) is 18.8. The lowest BCUT2D eigenvalue weighted by molar-refractivity contribution is 0.0116. The number of nitrogens with one attached hydrogen (secondary N) is 1. The molecule has 0 radical (unpaired) electrons. The van der Waals surface area contributed by atoms with Gasteiger partial charge in [0.15, 0.2) is 16.5 Å². The van der Waals surface area contributed by atoms with Gasteiger partial charge in [-0.05, 0) is 44.2 Å². The van der Waals surface area contributed by atoms with Crippen molar-refractivity contribution >= 4 is 27.3 Å². The number of fused-ring (bicyclic) bond motifs is 1. The van der Waals surface area contributed by atoms with E-state index in [1.165, 1.54) is 16.9 Å². The van der Waals surface area contributed by atoms with E-state index in [4.69, 9.17) is 0 Å². The van der Waals surface area contributed by atoms with Gasteiger partial charge in [0.05, 0.1) is 11.8 Å². The molecule has 2 aliphatic rings. The Morgan fingerprint density at radius 3 is 2.52 bits per heavy atom. The molecule has 15 heteroatoms. The van der Waals surface area contributed by atoms with Gasteiger partial charge >= 0.3 is 0 Å². The molecule has 0 bridgehead atoms. The highest BCUT2D eigenvalue weighted by Gasteiger charge is 2.51. The van der Waals surface area contributed by atoms with Crippen molar-refractivity contribution in [2.75, 3.05) is 24.9 Å². The number of nitrogens with zero attached hydrogens (tertiary/aromatic N) is 5. The van der Waals surface area contributed by atoms with Crippen molar-refractivity contribution in [3.05, 3.63) is 62.5 Å². The van der Waals surface area contributed by atoms with Crippen LogP contribution < -0.4 is 15.2 Å². The third kappa shape index (κ3) is 4.86. The van der Waals surface area contributed by atoms with Gasteiger partial charge in [-0.15, -0.1) is 10.2 Å². The molecule has 2 N–H and O–H groups in total. The van der Waals surface area contributed by atoms with Crippen molar-refractivity contribution < 1.29 is 27.1 Å². The molecular formula is C25H28F2N6O5S2. The summed E-state index contributed by atoms with van der Waals surface area (Å²) in [5, 5.41) is 21.4. The molecule has 1 aliphatic carbocycles. The van der Waals surface area contributed by atoms with Crippen LogP contribution in [0.25, 0.3) is 10.6 Å². The van der Waals surface area contributed by atoms with Crippen molar-refractivity contribution in [3.8, 4) is 16.3 Å². The van der Waals surface area contributed by atoms with E-state index in [-0.39, 0.29) is 34.3 Å². The molecule has 3 heterocycles. The molecule has 0 atom stereocenters. The van der Waals surface area contributed by atoms with E-state index in [9.17, 15) is 31.9 Å². The summed E-state index contributed by atoms with van der Waals surface area (Å²) in [5.74, 6) is -2.66. The van der Waals surface area contributed by atoms with Gasteiger partial charge in [0.25, 0.3) is 5.91 Å². The third-order valence-corrected chi connectivity index (χ3v) is 9.30. The molecule has 3 aromatic rings. The lowest BCUT2D eigenvalue weighted by atomic mass is 9.83. The van der Waals surface area contributed by atoms with Crippen LogP contribution in [-0.4, -0.2) is 70.8 Å². The Morgan fingerprint density at radius 2 is 1.90 bits per heavy atom. The minimum Gasteiger partial charge on any atom is -0.502 e. The molecule has 40 heavy (non-hydrogen) atoms. The van der Waals surface area contributed by atoms with E-state index in [2.05, 4.69) is 14.9 Å². The zero-order valence-corrected chi connectivity index (χ0v) is 23.7. The van der Waals surface area contributed by atoms with Crippen LogP contribution in [0.15, 0.2) is 29.2 Å². The Labute approximate surface area is 233 Å². The zero-order chi connectivity index (χ0) is 29.0. The van der Waals surface area contributed by atoms with Crippen LogP contribution in [0.4, 0.5) is 8.78 Å². The summed E-state index contributed by atoms with van der Waals surface area (Å²) in [6.07, 6.45) is 4.43. The molecule has 0 saturated heterocycles. The number of aromatic hydroxyl groups is 1. The van der Waals surface area contributed by atoms with Gasteiger partial charge in [0, 0.05) is 38.3 Å². The van der Waals surface area contributed by atoms with Gasteiger partial charge in [-0.25, -0.2) is 21.9 Å². The number of rotatable bonds is 6. The average Bonchev–Trinajstić information content (AvgIpc) is 3.35. The van der Waals surface area contributed by atoms with Crippen molar-refractivity contribution in [1.29, 1.82) is 0 Å². The van der Waals surface area contributed by atoms with Crippen molar-refractivity contribution in [2.45, 2.75) is 50.7 Å². The summed E-state index contributed by atoms with van der Waals surface area (Å²) in [6, 6.07) is 2.96. The maximum absolute atomic E-state index is 14.1.